The lowest BCUT2D eigenvalue weighted by atomic mass is 10.1. The second-order valence-corrected chi connectivity index (χ2v) is 9.33. The van der Waals surface area contributed by atoms with Crippen molar-refractivity contribution in [2.75, 3.05) is 6.54 Å². The molecule has 4 rings (SSSR count). The van der Waals surface area contributed by atoms with Crippen molar-refractivity contribution in [3.8, 4) is 5.69 Å². The van der Waals surface area contributed by atoms with Gasteiger partial charge in [0.1, 0.15) is 5.82 Å². The number of unbranched alkanes of at least 4 members (excludes halogenated alkanes) is 3. The molecule has 33 heavy (non-hydrogen) atoms. The van der Waals surface area contributed by atoms with Gasteiger partial charge in [0.25, 0.3) is 5.56 Å². The van der Waals surface area contributed by atoms with Crippen LogP contribution in [-0.4, -0.2) is 26.9 Å². The zero-order chi connectivity index (χ0) is 23.4. The molecule has 0 saturated heterocycles. The first-order valence-corrected chi connectivity index (χ1v) is 12.5. The summed E-state index contributed by atoms with van der Waals surface area (Å²) in [6, 6.07) is 14.4. The molecule has 0 radical (unpaired) electrons. The fraction of sp³-hybridized carbons (Fsp3) is 0.444. The molecule has 0 bridgehead atoms. The van der Waals surface area contributed by atoms with Crippen molar-refractivity contribution in [2.24, 2.45) is 5.92 Å². The van der Waals surface area contributed by atoms with Crippen molar-refractivity contribution in [3.63, 3.8) is 0 Å². The fourth-order valence-corrected chi connectivity index (χ4v) is 4.66. The molecule has 1 unspecified atom stereocenters. The Morgan fingerprint density at radius 2 is 1.91 bits per heavy atom. The average Bonchev–Trinajstić information content (AvgIpc) is 3.66. The van der Waals surface area contributed by atoms with Gasteiger partial charge in [-0.05, 0) is 56.0 Å². The topological polar surface area (TPSA) is 55.2 Å². The molecule has 0 spiro atoms. The van der Waals surface area contributed by atoms with Crippen molar-refractivity contribution in [1.82, 2.24) is 14.5 Å². The number of amides is 1. The van der Waals surface area contributed by atoms with Gasteiger partial charge in [0.2, 0.25) is 5.91 Å². The van der Waals surface area contributed by atoms with Crippen LogP contribution >= 0.6 is 11.6 Å². The quantitative estimate of drug-likeness (QED) is 0.330. The Labute approximate surface area is 200 Å². The summed E-state index contributed by atoms with van der Waals surface area (Å²) in [7, 11) is 0. The number of rotatable bonds is 10. The van der Waals surface area contributed by atoms with Crippen molar-refractivity contribution in [1.29, 1.82) is 0 Å². The zero-order valence-corrected chi connectivity index (χ0v) is 20.2. The van der Waals surface area contributed by atoms with Gasteiger partial charge in [0.15, 0.2) is 0 Å². The summed E-state index contributed by atoms with van der Waals surface area (Å²) in [6.45, 7) is 4.93. The number of fused-ring (bicyclic) bond motifs is 1. The van der Waals surface area contributed by atoms with E-state index in [0.717, 1.165) is 38.5 Å². The van der Waals surface area contributed by atoms with Crippen LogP contribution in [0.15, 0.2) is 53.3 Å². The molecule has 1 saturated carbocycles. The zero-order valence-electron chi connectivity index (χ0n) is 19.5. The van der Waals surface area contributed by atoms with E-state index < -0.39 is 0 Å². The SMILES string of the molecule is CCCCCCN(C(=O)C1CC1)C(CC)c1nc2ccccc2c(=O)n1-c1cccc(Cl)c1. The minimum absolute atomic E-state index is 0.108. The van der Waals surface area contributed by atoms with Gasteiger partial charge in [0, 0.05) is 17.5 Å². The minimum atomic E-state index is -0.281. The number of halogens is 1. The molecule has 1 fully saturated rings. The van der Waals surface area contributed by atoms with E-state index in [1.807, 2.05) is 35.2 Å². The number of carbonyl (C=O) groups excluding carboxylic acids is 1. The summed E-state index contributed by atoms with van der Waals surface area (Å²) in [5.41, 5.74) is 1.18. The van der Waals surface area contributed by atoms with Gasteiger partial charge in [-0.15, -0.1) is 0 Å². The lowest BCUT2D eigenvalue weighted by molar-refractivity contribution is -0.135. The minimum Gasteiger partial charge on any atom is -0.332 e. The Kier molecular flexibility index (Phi) is 7.49. The summed E-state index contributed by atoms with van der Waals surface area (Å²) in [6.07, 6.45) is 6.93. The van der Waals surface area contributed by atoms with Crippen LogP contribution in [0.5, 0.6) is 0 Å². The Morgan fingerprint density at radius 3 is 2.61 bits per heavy atom. The van der Waals surface area contributed by atoms with Gasteiger partial charge in [0.05, 0.1) is 22.6 Å². The second kappa shape index (κ2) is 10.5. The Hall–Kier alpha value is -2.66. The predicted octanol–water partition coefficient (Wildman–Crippen LogP) is 6.31. The van der Waals surface area contributed by atoms with E-state index in [9.17, 15) is 9.59 Å². The number of hydrogen-bond donors (Lipinski definition) is 0. The van der Waals surface area contributed by atoms with Crippen LogP contribution < -0.4 is 5.56 Å². The molecule has 174 valence electrons. The third-order valence-electron chi connectivity index (χ3n) is 6.39. The number of nitrogens with zero attached hydrogens (tertiary/aromatic N) is 3. The van der Waals surface area contributed by atoms with Crippen molar-refractivity contribution in [2.45, 2.75) is 64.8 Å². The first-order valence-electron chi connectivity index (χ1n) is 12.1. The van der Waals surface area contributed by atoms with Crippen LogP contribution in [0.1, 0.15) is 70.7 Å². The number of aromatic nitrogens is 2. The van der Waals surface area contributed by atoms with E-state index in [4.69, 9.17) is 16.6 Å². The summed E-state index contributed by atoms with van der Waals surface area (Å²) in [5, 5.41) is 1.11. The van der Waals surface area contributed by atoms with Gasteiger partial charge < -0.3 is 4.90 Å². The van der Waals surface area contributed by atoms with Crippen LogP contribution in [0.4, 0.5) is 0 Å². The molecular formula is C27H32ClN3O2. The van der Waals surface area contributed by atoms with Crippen molar-refractivity contribution < 1.29 is 4.79 Å². The Bertz CT molecular complexity index is 1190. The maximum atomic E-state index is 13.7. The smallest absolute Gasteiger partial charge is 0.266 e. The molecule has 1 aliphatic rings. The van der Waals surface area contributed by atoms with Crippen LogP contribution in [0.25, 0.3) is 16.6 Å². The largest absolute Gasteiger partial charge is 0.332 e. The number of carbonyl (C=O) groups is 1. The van der Waals surface area contributed by atoms with E-state index in [0.29, 0.717) is 40.4 Å². The molecule has 1 atom stereocenters. The maximum Gasteiger partial charge on any atom is 0.266 e. The maximum absolute atomic E-state index is 13.7. The molecule has 1 amide bonds. The molecular weight excluding hydrogens is 434 g/mol. The first-order chi connectivity index (χ1) is 16.0. The average molecular weight is 466 g/mol. The van der Waals surface area contributed by atoms with Gasteiger partial charge >= 0.3 is 0 Å². The predicted molar refractivity (Wildman–Crippen MR) is 134 cm³/mol. The standard InChI is InChI=1S/C27H32ClN3O2/c1-3-5-6-9-17-30(26(32)19-15-16-19)24(4-2)25-29-23-14-8-7-13-22(23)27(33)31(25)21-12-10-11-20(28)18-21/h7-8,10-14,18-19,24H,3-6,9,15-17H2,1-2H3. The molecule has 1 heterocycles. The van der Waals surface area contributed by atoms with Crippen molar-refractivity contribution >= 4 is 28.4 Å². The Morgan fingerprint density at radius 1 is 1.12 bits per heavy atom. The molecule has 1 aliphatic carbocycles. The van der Waals surface area contributed by atoms with Crippen LogP contribution in [0, 0.1) is 5.92 Å². The van der Waals surface area contributed by atoms with E-state index >= 15 is 0 Å². The molecule has 6 heteroatoms. The summed E-state index contributed by atoms with van der Waals surface area (Å²) in [5.74, 6) is 0.906. The van der Waals surface area contributed by atoms with Gasteiger partial charge in [-0.3, -0.25) is 14.2 Å². The van der Waals surface area contributed by atoms with E-state index in [2.05, 4.69) is 13.8 Å². The van der Waals surface area contributed by atoms with E-state index in [1.165, 1.54) is 0 Å². The lowest BCUT2D eigenvalue weighted by Crippen LogP contribution is -2.40. The number of hydrogen-bond acceptors (Lipinski definition) is 3. The summed E-state index contributed by atoms with van der Waals surface area (Å²) >= 11 is 6.29. The number of benzene rings is 2. The lowest BCUT2D eigenvalue weighted by Gasteiger charge is -2.32. The van der Waals surface area contributed by atoms with Gasteiger partial charge in [-0.2, -0.15) is 0 Å². The summed E-state index contributed by atoms with van der Waals surface area (Å²) in [4.78, 5) is 34.0. The van der Waals surface area contributed by atoms with Crippen LogP contribution in [-0.2, 0) is 4.79 Å². The first kappa shape index (κ1) is 23.5. The molecule has 5 nitrogen and oxygen atoms in total. The summed E-state index contributed by atoms with van der Waals surface area (Å²) < 4.78 is 1.65. The van der Waals surface area contributed by atoms with Gasteiger partial charge in [-0.25, -0.2) is 4.98 Å². The van der Waals surface area contributed by atoms with Crippen LogP contribution in [0.3, 0.4) is 0 Å². The van der Waals surface area contributed by atoms with Crippen LogP contribution in [0.2, 0.25) is 5.02 Å². The molecule has 0 N–H and O–H groups in total. The molecule has 0 aliphatic heterocycles. The van der Waals surface area contributed by atoms with E-state index in [1.54, 1.807) is 22.8 Å². The number of para-hydroxylation sites is 1. The third-order valence-corrected chi connectivity index (χ3v) is 6.63. The van der Waals surface area contributed by atoms with Gasteiger partial charge in [-0.1, -0.05) is 62.9 Å². The highest BCUT2D eigenvalue weighted by Crippen LogP contribution is 2.35. The normalized spacial score (nSPS) is 14.4. The highest BCUT2D eigenvalue weighted by molar-refractivity contribution is 6.30. The monoisotopic (exact) mass is 465 g/mol. The second-order valence-electron chi connectivity index (χ2n) is 8.90. The highest BCUT2D eigenvalue weighted by Gasteiger charge is 2.37. The molecule has 1 aromatic heterocycles. The fourth-order valence-electron chi connectivity index (χ4n) is 4.47. The van der Waals surface area contributed by atoms with Crippen molar-refractivity contribution in [3.05, 3.63) is 69.7 Å². The third kappa shape index (κ3) is 5.14. The van der Waals surface area contributed by atoms with E-state index in [-0.39, 0.29) is 23.4 Å². The molecule has 3 aromatic rings. The Balaban J connectivity index is 1.86. The molecule has 2 aromatic carbocycles. The highest BCUT2D eigenvalue weighted by atomic mass is 35.5.